The minimum atomic E-state index is 0.146. The van der Waals surface area contributed by atoms with Crippen molar-refractivity contribution < 1.29 is 4.79 Å². The number of likely N-dealkylation sites (N-methyl/N-ethyl adjacent to an activating group) is 1. The quantitative estimate of drug-likeness (QED) is 0.830. The minimum Gasteiger partial charge on any atom is -0.355 e. The standard InChI is InChI=1S/C15H26N4O/c1-4-19-9-5-6-13(19)10-16-15(20)8-7-14-11(2)17-18-12(14)3/h13H,4-10H2,1-3H3,(H,16,20)(H,17,18)/t13-/m1/s1. The van der Waals surface area contributed by atoms with E-state index in [1.54, 1.807) is 0 Å². The van der Waals surface area contributed by atoms with Crippen molar-refractivity contribution >= 4 is 5.91 Å². The predicted molar refractivity (Wildman–Crippen MR) is 79.7 cm³/mol. The number of rotatable bonds is 6. The maximum absolute atomic E-state index is 12.0. The molecule has 1 saturated heterocycles. The first-order valence-electron chi connectivity index (χ1n) is 7.63. The first-order valence-corrected chi connectivity index (χ1v) is 7.63. The third-order valence-electron chi connectivity index (χ3n) is 4.32. The molecule has 1 fully saturated rings. The second-order valence-corrected chi connectivity index (χ2v) is 5.64. The van der Waals surface area contributed by atoms with Crippen LogP contribution in [0.25, 0.3) is 0 Å². The van der Waals surface area contributed by atoms with Gasteiger partial charge in [-0.1, -0.05) is 6.92 Å². The van der Waals surface area contributed by atoms with Crippen molar-refractivity contribution in [3.8, 4) is 0 Å². The van der Waals surface area contributed by atoms with Crippen LogP contribution in [0.2, 0.25) is 0 Å². The van der Waals surface area contributed by atoms with Gasteiger partial charge in [0.2, 0.25) is 5.91 Å². The predicted octanol–water partition coefficient (Wildman–Crippen LogP) is 1.56. The molecule has 0 aliphatic carbocycles. The zero-order chi connectivity index (χ0) is 14.5. The van der Waals surface area contributed by atoms with Gasteiger partial charge in [0.05, 0.1) is 5.69 Å². The van der Waals surface area contributed by atoms with E-state index in [0.29, 0.717) is 12.5 Å². The van der Waals surface area contributed by atoms with Crippen LogP contribution in [-0.2, 0) is 11.2 Å². The van der Waals surface area contributed by atoms with Crippen LogP contribution in [0.1, 0.15) is 43.1 Å². The average Bonchev–Trinajstić information content (AvgIpc) is 3.01. The maximum atomic E-state index is 12.0. The van der Waals surface area contributed by atoms with Crippen LogP contribution in [0.3, 0.4) is 0 Å². The molecule has 5 nitrogen and oxygen atoms in total. The summed E-state index contributed by atoms with van der Waals surface area (Å²) < 4.78 is 0. The number of H-pyrrole nitrogens is 1. The Morgan fingerprint density at radius 2 is 2.30 bits per heavy atom. The van der Waals surface area contributed by atoms with E-state index in [9.17, 15) is 4.79 Å². The Morgan fingerprint density at radius 3 is 2.95 bits per heavy atom. The van der Waals surface area contributed by atoms with E-state index < -0.39 is 0 Å². The molecule has 0 radical (unpaired) electrons. The van der Waals surface area contributed by atoms with E-state index in [-0.39, 0.29) is 5.91 Å². The van der Waals surface area contributed by atoms with Crippen molar-refractivity contribution in [2.75, 3.05) is 19.6 Å². The van der Waals surface area contributed by atoms with E-state index in [2.05, 4.69) is 27.3 Å². The van der Waals surface area contributed by atoms with Gasteiger partial charge in [0.1, 0.15) is 0 Å². The van der Waals surface area contributed by atoms with Crippen LogP contribution in [-0.4, -0.2) is 46.7 Å². The van der Waals surface area contributed by atoms with E-state index >= 15 is 0 Å². The van der Waals surface area contributed by atoms with Crippen molar-refractivity contribution in [3.63, 3.8) is 0 Å². The Labute approximate surface area is 121 Å². The lowest BCUT2D eigenvalue weighted by Gasteiger charge is -2.22. The van der Waals surface area contributed by atoms with Crippen molar-refractivity contribution in [3.05, 3.63) is 17.0 Å². The number of likely N-dealkylation sites (tertiary alicyclic amines) is 1. The van der Waals surface area contributed by atoms with Crippen LogP contribution < -0.4 is 5.32 Å². The highest BCUT2D eigenvalue weighted by Crippen LogP contribution is 2.16. The number of aromatic nitrogens is 2. The largest absolute Gasteiger partial charge is 0.355 e. The van der Waals surface area contributed by atoms with Gasteiger partial charge in [-0.2, -0.15) is 5.10 Å². The number of carbonyl (C=O) groups is 1. The summed E-state index contributed by atoms with van der Waals surface area (Å²) in [6.45, 7) is 9.21. The van der Waals surface area contributed by atoms with Crippen LogP contribution in [0.4, 0.5) is 0 Å². The third-order valence-corrected chi connectivity index (χ3v) is 4.32. The molecule has 2 heterocycles. The number of hydrogen-bond donors (Lipinski definition) is 2. The molecule has 20 heavy (non-hydrogen) atoms. The second kappa shape index (κ2) is 6.88. The number of hydrogen-bond acceptors (Lipinski definition) is 3. The Hall–Kier alpha value is -1.36. The van der Waals surface area contributed by atoms with Crippen molar-refractivity contribution in [1.29, 1.82) is 0 Å². The van der Waals surface area contributed by atoms with Gasteiger partial charge in [0.25, 0.3) is 0 Å². The monoisotopic (exact) mass is 278 g/mol. The second-order valence-electron chi connectivity index (χ2n) is 5.64. The smallest absolute Gasteiger partial charge is 0.220 e. The molecule has 2 rings (SSSR count). The number of amides is 1. The van der Waals surface area contributed by atoms with Crippen molar-refractivity contribution in [2.24, 2.45) is 0 Å². The highest BCUT2D eigenvalue weighted by molar-refractivity contribution is 5.76. The fraction of sp³-hybridized carbons (Fsp3) is 0.733. The Bertz CT molecular complexity index is 435. The van der Waals surface area contributed by atoms with Gasteiger partial charge in [0, 0.05) is 24.7 Å². The molecule has 1 aliphatic heterocycles. The molecule has 2 N–H and O–H groups in total. The summed E-state index contributed by atoms with van der Waals surface area (Å²) in [6, 6.07) is 0.529. The van der Waals surface area contributed by atoms with Crippen LogP contribution in [0, 0.1) is 13.8 Å². The highest BCUT2D eigenvalue weighted by atomic mass is 16.1. The van der Waals surface area contributed by atoms with E-state index in [1.807, 2.05) is 13.8 Å². The summed E-state index contributed by atoms with van der Waals surface area (Å²) in [4.78, 5) is 14.4. The third kappa shape index (κ3) is 3.60. The topological polar surface area (TPSA) is 61.0 Å². The molecular formula is C15H26N4O. The number of nitrogens with zero attached hydrogens (tertiary/aromatic N) is 2. The molecule has 1 aliphatic rings. The molecule has 0 bridgehead atoms. The molecule has 1 amide bonds. The summed E-state index contributed by atoms with van der Waals surface area (Å²) in [5, 5.41) is 10.2. The number of aromatic amines is 1. The SMILES string of the molecule is CCN1CCC[C@@H]1CNC(=O)CCc1c(C)n[nH]c1C. The number of nitrogens with one attached hydrogen (secondary N) is 2. The van der Waals surface area contributed by atoms with Crippen LogP contribution in [0.15, 0.2) is 0 Å². The first kappa shape index (κ1) is 15.0. The van der Waals surface area contributed by atoms with Gasteiger partial charge in [-0.25, -0.2) is 0 Å². The lowest BCUT2D eigenvalue weighted by molar-refractivity contribution is -0.121. The number of aryl methyl sites for hydroxylation is 2. The lowest BCUT2D eigenvalue weighted by atomic mass is 10.1. The molecule has 1 aromatic heterocycles. The fourth-order valence-electron chi connectivity index (χ4n) is 3.04. The molecule has 0 spiro atoms. The van der Waals surface area contributed by atoms with Gasteiger partial charge in [0.15, 0.2) is 0 Å². The Morgan fingerprint density at radius 1 is 1.50 bits per heavy atom. The van der Waals surface area contributed by atoms with Gasteiger partial charge in [-0.05, 0) is 51.8 Å². The minimum absolute atomic E-state index is 0.146. The maximum Gasteiger partial charge on any atom is 0.220 e. The molecular weight excluding hydrogens is 252 g/mol. The Balaban J connectivity index is 1.73. The molecule has 0 aromatic carbocycles. The molecule has 5 heteroatoms. The summed E-state index contributed by atoms with van der Waals surface area (Å²) in [5.74, 6) is 0.146. The number of carbonyl (C=O) groups excluding carboxylic acids is 1. The van der Waals surface area contributed by atoms with Crippen molar-refractivity contribution in [2.45, 2.75) is 52.5 Å². The summed E-state index contributed by atoms with van der Waals surface area (Å²) >= 11 is 0. The molecule has 112 valence electrons. The van der Waals surface area contributed by atoms with E-state index in [1.165, 1.54) is 24.9 Å². The Kier molecular flexibility index (Phi) is 5.17. The molecule has 1 atom stereocenters. The summed E-state index contributed by atoms with van der Waals surface area (Å²) in [5.41, 5.74) is 3.25. The summed E-state index contributed by atoms with van der Waals surface area (Å²) in [7, 11) is 0. The lowest BCUT2D eigenvalue weighted by Crippen LogP contribution is -2.40. The highest BCUT2D eigenvalue weighted by Gasteiger charge is 2.23. The first-order chi connectivity index (χ1) is 9.61. The molecule has 0 unspecified atom stereocenters. The molecule has 1 aromatic rings. The van der Waals surface area contributed by atoms with E-state index in [0.717, 1.165) is 30.9 Å². The van der Waals surface area contributed by atoms with Crippen LogP contribution in [0.5, 0.6) is 0 Å². The summed E-state index contributed by atoms with van der Waals surface area (Å²) in [6.07, 6.45) is 3.76. The zero-order valence-corrected chi connectivity index (χ0v) is 12.8. The van der Waals surface area contributed by atoms with Gasteiger partial charge in [-0.15, -0.1) is 0 Å². The van der Waals surface area contributed by atoms with E-state index in [4.69, 9.17) is 0 Å². The molecule has 0 saturated carbocycles. The zero-order valence-electron chi connectivity index (χ0n) is 12.8. The van der Waals surface area contributed by atoms with Crippen molar-refractivity contribution in [1.82, 2.24) is 20.4 Å². The van der Waals surface area contributed by atoms with Gasteiger partial charge in [-0.3, -0.25) is 14.8 Å². The average molecular weight is 278 g/mol. The van der Waals surface area contributed by atoms with Gasteiger partial charge >= 0.3 is 0 Å². The van der Waals surface area contributed by atoms with Gasteiger partial charge < -0.3 is 5.32 Å². The fourth-order valence-corrected chi connectivity index (χ4v) is 3.04. The van der Waals surface area contributed by atoms with Crippen LogP contribution >= 0.6 is 0 Å². The normalized spacial score (nSPS) is 19.4.